The lowest BCUT2D eigenvalue weighted by Gasteiger charge is -2.14. The topological polar surface area (TPSA) is 38.7 Å². The molecule has 0 amide bonds. The van der Waals surface area contributed by atoms with E-state index in [-0.39, 0.29) is 0 Å². The summed E-state index contributed by atoms with van der Waals surface area (Å²) in [5.74, 6) is 0.594. The number of rotatable bonds is 4. The summed E-state index contributed by atoms with van der Waals surface area (Å²) in [4.78, 5) is 15.8. The van der Waals surface area contributed by atoms with E-state index >= 15 is 0 Å². The minimum absolute atomic E-state index is 0.594. The molecule has 41 heavy (non-hydrogen) atoms. The van der Waals surface area contributed by atoms with Gasteiger partial charge in [0, 0.05) is 42.8 Å². The SMILES string of the molecule is C=Cc1ccc2c(-c3ccccc3)nc(-c3nc4c(ccc5c6ccccc6sc54)c4ccccc34)nc2c1C=C. The molecule has 192 valence electrons. The van der Waals surface area contributed by atoms with Crippen LogP contribution in [-0.4, -0.2) is 15.0 Å². The number of thiophene rings is 1. The van der Waals surface area contributed by atoms with Crippen molar-refractivity contribution < 1.29 is 0 Å². The normalized spacial score (nSPS) is 11.6. The van der Waals surface area contributed by atoms with Gasteiger partial charge in [0.05, 0.1) is 21.4 Å². The van der Waals surface area contributed by atoms with Gasteiger partial charge in [0.2, 0.25) is 0 Å². The maximum absolute atomic E-state index is 5.38. The van der Waals surface area contributed by atoms with Crippen molar-refractivity contribution in [2.75, 3.05) is 0 Å². The van der Waals surface area contributed by atoms with Crippen LogP contribution in [-0.2, 0) is 0 Å². The van der Waals surface area contributed by atoms with Crippen LogP contribution in [0.5, 0.6) is 0 Å². The fourth-order valence-corrected chi connectivity index (χ4v) is 7.11. The number of hydrogen-bond donors (Lipinski definition) is 0. The maximum atomic E-state index is 5.38. The average Bonchev–Trinajstić information content (AvgIpc) is 3.43. The minimum atomic E-state index is 0.594. The summed E-state index contributed by atoms with van der Waals surface area (Å²) >= 11 is 1.79. The Hall–Kier alpha value is -5.19. The van der Waals surface area contributed by atoms with E-state index in [9.17, 15) is 0 Å². The molecule has 8 rings (SSSR count). The molecule has 5 aromatic carbocycles. The molecule has 4 heteroatoms. The molecule has 0 aliphatic heterocycles. The zero-order chi connectivity index (χ0) is 27.5. The molecule has 0 saturated carbocycles. The highest BCUT2D eigenvalue weighted by molar-refractivity contribution is 7.26. The molecule has 0 saturated heterocycles. The Kier molecular flexibility index (Phi) is 5.31. The molecule has 0 aliphatic carbocycles. The van der Waals surface area contributed by atoms with Crippen molar-refractivity contribution >= 4 is 76.2 Å². The van der Waals surface area contributed by atoms with Gasteiger partial charge in [-0.25, -0.2) is 15.0 Å². The number of benzene rings is 5. The molecule has 0 unspecified atom stereocenters. The summed E-state index contributed by atoms with van der Waals surface area (Å²) in [7, 11) is 0. The van der Waals surface area contributed by atoms with E-state index in [1.165, 1.54) is 20.2 Å². The second-order valence-corrected chi connectivity index (χ2v) is 11.1. The Morgan fingerprint density at radius 1 is 0.512 bits per heavy atom. The van der Waals surface area contributed by atoms with Crippen LogP contribution in [0.1, 0.15) is 11.1 Å². The van der Waals surface area contributed by atoms with Crippen molar-refractivity contribution in [3.8, 4) is 22.8 Å². The molecular formula is C37H23N3S. The smallest absolute Gasteiger partial charge is 0.180 e. The zero-order valence-corrected chi connectivity index (χ0v) is 23.0. The Labute approximate surface area is 240 Å². The molecule has 8 aromatic rings. The van der Waals surface area contributed by atoms with E-state index in [4.69, 9.17) is 15.0 Å². The summed E-state index contributed by atoms with van der Waals surface area (Å²) in [5.41, 5.74) is 6.42. The number of pyridine rings is 1. The third kappa shape index (κ3) is 3.55. The second kappa shape index (κ2) is 9.19. The third-order valence-electron chi connectivity index (χ3n) is 7.84. The van der Waals surface area contributed by atoms with Crippen LogP contribution in [0.2, 0.25) is 0 Å². The van der Waals surface area contributed by atoms with Crippen molar-refractivity contribution in [1.82, 2.24) is 15.0 Å². The van der Waals surface area contributed by atoms with Crippen molar-refractivity contribution in [2.45, 2.75) is 0 Å². The summed E-state index contributed by atoms with van der Waals surface area (Å²) in [5, 5.41) is 6.75. The summed E-state index contributed by atoms with van der Waals surface area (Å²) < 4.78 is 2.44. The fraction of sp³-hybridized carbons (Fsp3) is 0. The van der Waals surface area contributed by atoms with E-state index in [1.54, 1.807) is 11.3 Å². The fourth-order valence-electron chi connectivity index (χ4n) is 5.92. The lowest BCUT2D eigenvalue weighted by atomic mass is 9.98. The van der Waals surface area contributed by atoms with Crippen molar-refractivity contribution in [3.63, 3.8) is 0 Å². The molecule has 0 N–H and O–H groups in total. The number of nitrogens with zero attached hydrogens (tertiary/aromatic N) is 3. The van der Waals surface area contributed by atoms with Crippen molar-refractivity contribution in [2.24, 2.45) is 0 Å². The van der Waals surface area contributed by atoms with Crippen LogP contribution in [0.15, 0.2) is 116 Å². The van der Waals surface area contributed by atoms with E-state index in [0.29, 0.717) is 5.82 Å². The van der Waals surface area contributed by atoms with Gasteiger partial charge >= 0.3 is 0 Å². The molecule has 3 heterocycles. The first-order valence-electron chi connectivity index (χ1n) is 13.5. The van der Waals surface area contributed by atoms with Gasteiger partial charge in [0.15, 0.2) is 5.82 Å². The van der Waals surface area contributed by atoms with E-state index in [2.05, 4.69) is 98.1 Å². The lowest BCUT2D eigenvalue weighted by molar-refractivity contribution is 1.20. The largest absolute Gasteiger partial charge is 0.242 e. The summed E-state index contributed by atoms with van der Waals surface area (Å²) in [6.45, 7) is 8.14. The third-order valence-corrected chi connectivity index (χ3v) is 9.03. The van der Waals surface area contributed by atoms with Gasteiger partial charge in [0.1, 0.15) is 5.69 Å². The number of fused-ring (bicyclic) bond motifs is 8. The highest BCUT2D eigenvalue weighted by Gasteiger charge is 2.20. The Bertz CT molecular complexity index is 2350. The Balaban J connectivity index is 1.54. The lowest BCUT2D eigenvalue weighted by Crippen LogP contribution is -2.00. The monoisotopic (exact) mass is 541 g/mol. The van der Waals surface area contributed by atoms with Gasteiger partial charge in [-0.2, -0.15) is 0 Å². The molecule has 0 atom stereocenters. The van der Waals surface area contributed by atoms with Gasteiger partial charge in [-0.3, -0.25) is 0 Å². The molecule has 0 aliphatic rings. The Morgan fingerprint density at radius 3 is 2.02 bits per heavy atom. The van der Waals surface area contributed by atoms with Gasteiger partial charge < -0.3 is 0 Å². The van der Waals surface area contributed by atoms with Gasteiger partial charge in [0.25, 0.3) is 0 Å². The Morgan fingerprint density at radius 2 is 1.22 bits per heavy atom. The van der Waals surface area contributed by atoms with E-state index in [1.807, 2.05) is 30.4 Å². The van der Waals surface area contributed by atoms with Crippen molar-refractivity contribution in [3.05, 3.63) is 127 Å². The molecule has 0 bridgehead atoms. The first-order chi connectivity index (χ1) is 20.2. The van der Waals surface area contributed by atoms with Crippen LogP contribution in [0.3, 0.4) is 0 Å². The van der Waals surface area contributed by atoms with Crippen LogP contribution in [0, 0.1) is 0 Å². The summed E-state index contributed by atoms with van der Waals surface area (Å²) in [6.07, 6.45) is 3.71. The van der Waals surface area contributed by atoms with E-state index in [0.717, 1.165) is 60.7 Å². The van der Waals surface area contributed by atoms with Gasteiger partial charge in [-0.05, 0) is 23.1 Å². The van der Waals surface area contributed by atoms with Crippen LogP contribution < -0.4 is 0 Å². The predicted molar refractivity (Wildman–Crippen MR) is 176 cm³/mol. The average molecular weight is 542 g/mol. The predicted octanol–water partition coefficient (Wildman–Crippen LogP) is 10.3. The minimum Gasteiger partial charge on any atom is -0.242 e. The van der Waals surface area contributed by atoms with Gasteiger partial charge in [-0.15, -0.1) is 11.3 Å². The first-order valence-corrected chi connectivity index (χ1v) is 14.3. The maximum Gasteiger partial charge on any atom is 0.180 e. The van der Waals surface area contributed by atoms with E-state index < -0.39 is 0 Å². The zero-order valence-electron chi connectivity index (χ0n) is 22.1. The summed E-state index contributed by atoms with van der Waals surface area (Å²) in [6, 6.07) is 35.9. The molecule has 3 aromatic heterocycles. The molecule has 0 fully saturated rings. The molecule has 0 spiro atoms. The van der Waals surface area contributed by atoms with Crippen LogP contribution >= 0.6 is 11.3 Å². The van der Waals surface area contributed by atoms with Crippen LogP contribution in [0.25, 0.3) is 87.7 Å². The first kappa shape index (κ1) is 23.7. The number of aromatic nitrogens is 3. The molecule has 3 nitrogen and oxygen atoms in total. The van der Waals surface area contributed by atoms with Crippen molar-refractivity contribution in [1.29, 1.82) is 0 Å². The second-order valence-electron chi connectivity index (χ2n) is 10.1. The number of hydrogen-bond acceptors (Lipinski definition) is 4. The standard InChI is InChI=1S/C37H23N3S/c1-3-22-18-19-30-32(23-12-6-5-7-13-23)39-37(40-33(30)24(22)4-2)35-27-16-9-8-14-25(27)28-20-21-29-26-15-10-11-17-31(26)41-36(29)34(28)38-35/h3-21H,1-2H2. The highest BCUT2D eigenvalue weighted by Crippen LogP contribution is 2.41. The quantitative estimate of drug-likeness (QED) is 0.208. The van der Waals surface area contributed by atoms with Crippen LogP contribution in [0.4, 0.5) is 0 Å². The van der Waals surface area contributed by atoms with Gasteiger partial charge in [-0.1, -0.05) is 116 Å². The molecule has 0 radical (unpaired) electrons. The molecular weight excluding hydrogens is 518 g/mol. The highest BCUT2D eigenvalue weighted by atomic mass is 32.1.